The first kappa shape index (κ1) is 15.0. The van der Waals surface area contributed by atoms with E-state index >= 15 is 0 Å². The molecule has 3 N–H and O–H groups in total. The molecule has 1 saturated heterocycles. The lowest BCUT2D eigenvalue weighted by Gasteiger charge is -2.20. The number of nitrogens with two attached hydrogens (primary N) is 1. The second-order valence-electron chi connectivity index (χ2n) is 5.98. The summed E-state index contributed by atoms with van der Waals surface area (Å²) in [6.07, 6.45) is 2.06. The molecule has 0 amide bonds. The summed E-state index contributed by atoms with van der Waals surface area (Å²) in [6.45, 7) is 11.9. The van der Waals surface area contributed by atoms with Crippen LogP contribution in [0.15, 0.2) is 0 Å². The van der Waals surface area contributed by atoms with Crippen LogP contribution in [0.25, 0.3) is 0 Å². The number of aryl methyl sites for hydroxylation is 1. The van der Waals surface area contributed by atoms with E-state index in [4.69, 9.17) is 5.73 Å². The second kappa shape index (κ2) is 6.39. The second-order valence-corrected chi connectivity index (χ2v) is 5.98. The number of hydrogen-bond donors (Lipinski definition) is 2. The summed E-state index contributed by atoms with van der Waals surface area (Å²) in [7, 11) is 0. The van der Waals surface area contributed by atoms with Gasteiger partial charge in [0.05, 0.1) is 0 Å². The highest BCUT2D eigenvalue weighted by molar-refractivity contribution is 5.54. The van der Waals surface area contributed by atoms with E-state index < -0.39 is 0 Å². The van der Waals surface area contributed by atoms with Gasteiger partial charge in [-0.05, 0) is 39.7 Å². The zero-order chi connectivity index (χ0) is 14.7. The molecule has 1 unspecified atom stereocenters. The minimum absolute atomic E-state index is 0.592. The Balaban J connectivity index is 1.96. The number of anilines is 2. The lowest BCUT2D eigenvalue weighted by atomic mass is 10.1. The summed E-state index contributed by atoms with van der Waals surface area (Å²) >= 11 is 0. The first-order valence-corrected chi connectivity index (χ1v) is 7.62. The fraction of sp³-hybridized carbons (Fsp3) is 0.733. The minimum atomic E-state index is 0.592. The van der Waals surface area contributed by atoms with Gasteiger partial charge in [-0.25, -0.2) is 9.97 Å². The van der Waals surface area contributed by atoms with E-state index in [0.717, 1.165) is 30.2 Å². The molecule has 1 aromatic heterocycles. The predicted molar refractivity (Wildman–Crippen MR) is 83.9 cm³/mol. The lowest BCUT2D eigenvalue weighted by Crippen LogP contribution is -2.29. The minimum Gasteiger partial charge on any atom is -0.383 e. The van der Waals surface area contributed by atoms with Gasteiger partial charge in [-0.3, -0.25) is 0 Å². The summed E-state index contributed by atoms with van der Waals surface area (Å²) in [5.41, 5.74) is 6.90. The maximum Gasteiger partial charge on any atom is 0.134 e. The van der Waals surface area contributed by atoms with Crippen molar-refractivity contribution in [3.8, 4) is 0 Å². The van der Waals surface area contributed by atoms with Crippen LogP contribution in [0.5, 0.6) is 0 Å². The fourth-order valence-corrected chi connectivity index (χ4v) is 2.65. The van der Waals surface area contributed by atoms with Crippen molar-refractivity contribution in [1.29, 1.82) is 0 Å². The Morgan fingerprint density at radius 1 is 1.40 bits per heavy atom. The first-order chi connectivity index (χ1) is 9.51. The van der Waals surface area contributed by atoms with E-state index in [1.165, 1.54) is 19.5 Å². The molecule has 112 valence electrons. The average Bonchev–Trinajstić information content (AvgIpc) is 2.89. The maximum atomic E-state index is 5.94. The Morgan fingerprint density at radius 3 is 2.75 bits per heavy atom. The van der Waals surface area contributed by atoms with E-state index in [2.05, 4.69) is 34.0 Å². The molecule has 0 radical (unpaired) electrons. The van der Waals surface area contributed by atoms with Gasteiger partial charge in [-0.15, -0.1) is 0 Å². The molecule has 2 rings (SSSR count). The molecule has 2 heterocycles. The van der Waals surface area contributed by atoms with E-state index in [-0.39, 0.29) is 0 Å². The summed E-state index contributed by atoms with van der Waals surface area (Å²) in [5, 5.41) is 3.47. The number of nitrogens with one attached hydrogen (secondary N) is 1. The van der Waals surface area contributed by atoms with Gasteiger partial charge in [-0.2, -0.15) is 0 Å². The number of aromatic nitrogens is 2. The molecule has 1 aliphatic rings. The van der Waals surface area contributed by atoms with Crippen LogP contribution in [0.2, 0.25) is 0 Å². The summed E-state index contributed by atoms with van der Waals surface area (Å²) in [6, 6.07) is 0.642. The Labute approximate surface area is 122 Å². The van der Waals surface area contributed by atoms with E-state index in [0.29, 0.717) is 17.8 Å². The third kappa shape index (κ3) is 3.39. The highest BCUT2D eigenvalue weighted by Crippen LogP contribution is 2.21. The predicted octanol–water partition coefficient (Wildman–Crippen LogP) is 2.07. The standard InChI is InChI=1S/C15H27N5/c1-5-13-18-14(16)11(4)15(19-13)17-8-12-6-7-20(9-12)10(2)3/h10,12H,5-9H2,1-4H3,(H3,16,17,18,19). The molecule has 5 nitrogen and oxygen atoms in total. The van der Waals surface area contributed by atoms with E-state index in [1.54, 1.807) is 0 Å². The van der Waals surface area contributed by atoms with E-state index in [1.807, 2.05) is 13.8 Å². The van der Waals surface area contributed by atoms with Gasteiger partial charge in [0.15, 0.2) is 0 Å². The average molecular weight is 277 g/mol. The van der Waals surface area contributed by atoms with Crippen LogP contribution in [0.3, 0.4) is 0 Å². The summed E-state index contributed by atoms with van der Waals surface area (Å²) in [4.78, 5) is 11.4. The summed E-state index contributed by atoms with van der Waals surface area (Å²) in [5.74, 6) is 3.00. The van der Waals surface area contributed by atoms with Crippen LogP contribution in [0.4, 0.5) is 11.6 Å². The first-order valence-electron chi connectivity index (χ1n) is 7.62. The van der Waals surface area contributed by atoms with Crippen molar-refractivity contribution in [3.63, 3.8) is 0 Å². The highest BCUT2D eigenvalue weighted by atomic mass is 15.2. The van der Waals surface area contributed by atoms with Gasteiger partial charge >= 0.3 is 0 Å². The molecule has 20 heavy (non-hydrogen) atoms. The number of hydrogen-bond acceptors (Lipinski definition) is 5. The molecular weight excluding hydrogens is 250 g/mol. The van der Waals surface area contributed by atoms with E-state index in [9.17, 15) is 0 Å². The van der Waals surface area contributed by atoms with Gasteiger partial charge in [0.1, 0.15) is 17.5 Å². The van der Waals surface area contributed by atoms with Crippen LogP contribution >= 0.6 is 0 Å². The molecule has 1 aliphatic heterocycles. The van der Waals surface area contributed by atoms with Crippen molar-refractivity contribution in [2.45, 2.75) is 46.6 Å². The molecule has 1 atom stereocenters. The third-order valence-corrected chi connectivity index (χ3v) is 4.15. The molecule has 0 saturated carbocycles. The van der Waals surface area contributed by atoms with Crippen molar-refractivity contribution < 1.29 is 0 Å². The van der Waals surface area contributed by atoms with Gasteiger partial charge in [0.2, 0.25) is 0 Å². The number of rotatable bonds is 5. The summed E-state index contributed by atoms with van der Waals surface area (Å²) < 4.78 is 0. The normalized spacial score (nSPS) is 19.8. The number of likely N-dealkylation sites (tertiary alicyclic amines) is 1. The van der Waals surface area contributed by atoms with Crippen LogP contribution in [0.1, 0.15) is 38.6 Å². The highest BCUT2D eigenvalue weighted by Gasteiger charge is 2.24. The number of nitrogen functional groups attached to an aromatic ring is 1. The van der Waals surface area contributed by atoms with Crippen LogP contribution in [-0.4, -0.2) is 40.5 Å². The lowest BCUT2D eigenvalue weighted by molar-refractivity contribution is 0.266. The molecule has 1 aromatic rings. The van der Waals surface area contributed by atoms with Crippen LogP contribution in [-0.2, 0) is 6.42 Å². The molecule has 0 bridgehead atoms. The SMILES string of the molecule is CCc1nc(N)c(C)c(NCC2CCN(C(C)C)C2)n1. The zero-order valence-electron chi connectivity index (χ0n) is 13.1. The monoisotopic (exact) mass is 277 g/mol. The third-order valence-electron chi connectivity index (χ3n) is 4.15. The van der Waals surface area contributed by atoms with Crippen molar-refractivity contribution in [1.82, 2.24) is 14.9 Å². The van der Waals surface area contributed by atoms with Gasteiger partial charge in [-0.1, -0.05) is 6.92 Å². The largest absolute Gasteiger partial charge is 0.383 e. The van der Waals surface area contributed by atoms with Crippen molar-refractivity contribution in [2.24, 2.45) is 5.92 Å². The zero-order valence-corrected chi connectivity index (χ0v) is 13.1. The quantitative estimate of drug-likeness (QED) is 0.862. The smallest absolute Gasteiger partial charge is 0.134 e. The molecular formula is C15H27N5. The molecule has 1 fully saturated rings. The van der Waals surface area contributed by atoms with Crippen LogP contribution < -0.4 is 11.1 Å². The van der Waals surface area contributed by atoms with Crippen molar-refractivity contribution in [3.05, 3.63) is 11.4 Å². The van der Waals surface area contributed by atoms with Crippen LogP contribution in [0, 0.1) is 12.8 Å². The van der Waals surface area contributed by atoms with Gasteiger partial charge in [0.25, 0.3) is 0 Å². The topological polar surface area (TPSA) is 67.1 Å². The molecule has 5 heteroatoms. The molecule has 0 aliphatic carbocycles. The van der Waals surface area contributed by atoms with Gasteiger partial charge < -0.3 is 16.0 Å². The van der Waals surface area contributed by atoms with Crippen molar-refractivity contribution >= 4 is 11.6 Å². The molecule has 0 spiro atoms. The fourth-order valence-electron chi connectivity index (χ4n) is 2.65. The Bertz CT molecular complexity index is 458. The van der Waals surface area contributed by atoms with Crippen molar-refractivity contribution in [2.75, 3.05) is 30.7 Å². The molecule has 0 aromatic carbocycles. The van der Waals surface area contributed by atoms with Gasteiger partial charge in [0, 0.05) is 31.1 Å². The maximum absolute atomic E-state index is 5.94. The Hall–Kier alpha value is -1.36. The Morgan fingerprint density at radius 2 is 2.15 bits per heavy atom. The Kier molecular flexibility index (Phi) is 4.81. The number of nitrogens with zero attached hydrogens (tertiary/aromatic N) is 3.